The van der Waals surface area contributed by atoms with Crippen molar-refractivity contribution in [3.63, 3.8) is 0 Å². The third-order valence-electron chi connectivity index (χ3n) is 2.83. The second-order valence-electron chi connectivity index (χ2n) is 4.35. The van der Waals surface area contributed by atoms with Gasteiger partial charge in [0.25, 0.3) is 0 Å². The van der Waals surface area contributed by atoms with Gasteiger partial charge in [0.1, 0.15) is 18.0 Å². The van der Waals surface area contributed by atoms with E-state index in [-0.39, 0.29) is 0 Å². The average Bonchev–Trinajstić information content (AvgIpc) is 2.41. The van der Waals surface area contributed by atoms with Crippen molar-refractivity contribution in [2.24, 2.45) is 0 Å². The zero-order chi connectivity index (χ0) is 13.7. The lowest BCUT2D eigenvalue weighted by atomic mass is 10.1. The highest BCUT2D eigenvalue weighted by Gasteiger charge is 2.04. The van der Waals surface area contributed by atoms with Crippen LogP contribution in [0.2, 0.25) is 0 Å². The fourth-order valence-electron chi connectivity index (χ4n) is 1.84. The molecule has 0 aliphatic heterocycles. The number of benzene rings is 1. The first kappa shape index (κ1) is 13.1. The van der Waals surface area contributed by atoms with Gasteiger partial charge in [-0.25, -0.2) is 9.97 Å². The van der Waals surface area contributed by atoms with Gasteiger partial charge in [-0.1, -0.05) is 24.3 Å². The Hall–Kier alpha value is -2.36. The number of para-hydroxylation sites is 1. The monoisotopic (exact) mass is 254 g/mol. The summed E-state index contributed by atoms with van der Waals surface area (Å²) >= 11 is 0. The van der Waals surface area contributed by atoms with E-state index in [4.69, 9.17) is 0 Å². The highest BCUT2D eigenvalue weighted by atomic mass is 15.1. The molecule has 2 rings (SSSR count). The molecule has 19 heavy (non-hydrogen) atoms. The average molecular weight is 254 g/mol. The highest BCUT2D eigenvalue weighted by Crippen LogP contribution is 2.23. The van der Waals surface area contributed by atoms with Gasteiger partial charge in [0.2, 0.25) is 0 Å². The summed E-state index contributed by atoms with van der Waals surface area (Å²) in [5.74, 6) is 1.56. The Kier molecular flexibility index (Phi) is 4.13. The van der Waals surface area contributed by atoms with Gasteiger partial charge < -0.3 is 10.6 Å². The fraction of sp³-hybridized carbons (Fsp3) is 0.200. The van der Waals surface area contributed by atoms with E-state index in [9.17, 15) is 0 Å². The van der Waals surface area contributed by atoms with Crippen molar-refractivity contribution in [1.29, 1.82) is 0 Å². The van der Waals surface area contributed by atoms with Gasteiger partial charge in [-0.05, 0) is 25.0 Å². The van der Waals surface area contributed by atoms with Crippen molar-refractivity contribution < 1.29 is 0 Å². The molecule has 0 atom stereocenters. The van der Waals surface area contributed by atoms with Crippen LogP contribution in [0.4, 0.5) is 17.3 Å². The van der Waals surface area contributed by atoms with Gasteiger partial charge in [-0.15, -0.1) is 6.58 Å². The van der Waals surface area contributed by atoms with E-state index in [1.807, 2.05) is 12.1 Å². The second kappa shape index (κ2) is 6.00. The molecule has 0 spiro atoms. The number of aromatic nitrogens is 2. The molecular weight excluding hydrogens is 236 g/mol. The second-order valence-corrected chi connectivity index (χ2v) is 4.35. The van der Waals surface area contributed by atoms with Crippen molar-refractivity contribution in [1.82, 2.24) is 9.97 Å². The lowest BCUT2D eigenvalue weighted by Gasteiger charge is -2.12. The largest absolute Gasteiger partial charge is 0.366 e. The van der Waals surface area contributed by atoms with Crippen LogP contribution in [0.25, 0.3) is 0 Å². The summed E-state index contributed by atoms with van der Waals surface area (Å²) in [5, 5.41) is 6.48. The Balaban J connectivity index is 2.21. The standard InChI is InChI=1S/C15H18N4/c1-4-8-16-13-9-14(18-10-17-13)19-15-11(2)6-5-7-12(15)3/h4-7,9-10H,1,8H2,2-3H3,(H2,16,17,18,19). The van der Waals surface area contributed by atoms with Gasteiger partial charge >= 0.3 is 0 Å². The van der Waals surface area contributed by atoms with Crippen LogP contribution in [0.1, 0.15) is 11.1 Å². The molecule has 0 aliphatic carbocycles. The molecule has 4 heteroatoms. The summed E-state index contributed by atoms with van der Waals surface area (Å²) in [7, 11) is 0. The smallest absolute Gasteiger partial charge is 0.135 e. The molecule has 98 valence electrons. The van der Waals surface area contributed by atoms with E-state index >= 15 is 0 Å². The van der Waals surface area contributed by atoms with E-state index in [1.165, 1.54) is 11.1 Å². The van der Waals surface area contributed by atoms with Crippen molar-refractivity contribution in [2.45, 2.75) is 13.8 Å². The highest BCUT2D eigenvalue weighted by molar-refractivity contribution is 5.65. The van der Waals surface area contributed by atoms with Gasteiger partial charge in [-0.3, -0.25) is 0 Å². The van der Waals surface area contributed by atoms with Crippen molar-refractivity contribution in [3.8, 4) is 0 Å². The van der Waals surface area contributed by atoms with Crippen molar-refractivity contribution >= 4 is 17.3 Å². The van der Waals surface area contributed by atoms with E-state index < -0.39 is 0 Å². The first-order chi connectivity index (χ1) is 9.20. The van der Waals surface area contributed by atoms with Crippen LogP contribution in [-0.4, -0.2) is 16.5 Å². The molecule has 0 radical (unpaired) electrons. The number of aryl methyl sites for hydroxylation is 2. The number of anilines is 3. The molecule has 2 N–H and O–H groups in total. The minimum absolute atomic E-state index is 0.680. The summed E-state index contributed by atoms with van der Waals surface area (Å²) in [6.45, 7) is 8.50. The number of rotatable bonds is 5. The molecule has 0 amide bonds. The number of hydrogen-bond acceptors (Lipinski definition) is 4. The first-order valence-electron chi connectivity index (χ1n) is 6.21. The van der Waals surface area contributed by atoms with Crippen LogP contribution >= 0.6 is 0 Å². The summed E-state index contributed by atoms with van der Waals surface area (Å²) in [6.07, 6.45) is 3.34. The Bertz CT molecular complexity index is 558. The number of hydrogen-bond donors (Lipinski definition) is 2. The Morgan fingerprint density at radius 2 is 1.84 bits per heavy atom. The summed E-state index contributed by atoms with van der Waals surface area (Å²) in [5.41, 5.74) is 3.48. The molecule has 0 bridgehead atoms. The van der Waals surface area contributed by atoms with Crippen LogP contribution in [-0.2, 0) is 0 Å². The third-order valence-corrected chi connectivity index (χ3v) is 2.83. The Labute approximate surface area is 113 Å². The maximum absolute atomic E-state index is 4.24. The van der Waals surface area contributed by atoms with Crippen molar-refractivity contribution in [2.75, 3.05) is 17.2 Å². The van der Waals surface area contributed by atoms with Crippen molar-refractivity contribution in [3.05, 3.63) is 54.4 Å². The minimum atomic E-state index is 0.680. The number of nitrogens with one attached hydrogen (secondary N) is 2. The van der Waals surface area contributed by atoms with E-state index in [2.05, 4.69) is 53.2 Å². The SMILES string of the molecule is C=CCNc1cc(Nc2c(C)cccc2C)ncn1. The molecule has 0 unspecified atom stereocenters. The van der Waals surface area contributed by atoms with Crippen LogP contribution in [0.15, 0.2) is 43.2 Å². The molecule has 2 aromatic rings. The van der Waals surface area contributed by atoms with Crippen LogP contribution < -0.4 is 10.6 Å². The number of nitrogens with zero attached hydrogens (tertiary/aromatic N) is 2. The van der Waals surface area contributed by atoms with E-state index in [0.29, 0.717) is 6.54 Å². The van der Waals surface area contributed by atoms with Gasteiger partial charge in [0.15, 0.2) is 0 Å². The van der Waals surface area contributed by atoms with Crippen LogP contribution in [0.3, 0.4) is 0 Å². The molecule has 1 aromatic carbocycles. The Morgan fingerprint density at radius 1 is 1.16 bits per heavy atom. The summed E-state index contributed by atoms with van der Waals surface area (Å²) in [4.78, 5) is 8.39. The third kappa shape index (κ3) is 3.31. The topological polar surface area (TPSA) is 49.8 Å². The van der Waals surface area contributed by atoms with Crippen LogP contribution in [0, 0.1) is 13.8 Å². The van der Waals surface area contributed by atoms with Gasteiger partial charge in [0.05, 0.1) is 0 Å². The fourth-order valence-corrected chi connectivity index (χ4v) is 1.84. The van der Waals surface area contributed by atoms with Gasteiger partial charge in [0, 0.05) is 18.3 Å². The molecule has 4 nitrogen and oxygen atoms in total. The predicted octanol–water partition coefficient (Wildman–Crippen LogP) is 3.43. The minimum Gasteiger partial charge on any atom is -0.366 e. The lowest BCUT2D eigenvalue weighted by molar-refractivity contribution is 1.14. The summed E-state index contributed by atoms with van der Waals surface area (Å²) < 4.78 is 0. The van der Waals surface area contributed by atoms with Crippen LogP contribution in [0.5, 0.6) is 0 Å². The zero-order valence-corrected chi connectivity index (χ0v) is 11.3. The molecule has 0 fully saturated rings. The Morgan fingerprint density at radius 3 is 2.53 bits per heavy atom. The molecule has 0 saturated carbocycles. The van der Waals surface area contributed by atoms with E-state index in [0.717, 1.165) is 17.3 Å². The maximum atomic E-state index is 4.24. The first-order valence-corrected chi connectivity index (χ1v) is 6.21. The molecule has 0 saturated heterocycles. The lowest BCUT2D eigenvalue weighted by Crippen LogP contribution is -2.03. The molecular formula is C15H18N4. The molecule has 0 aliphatic rings. The summed E-state index contributed by atoms with van der Waals surface area (Å²) in [6, 6.07) is 8.09. The molecule has 1 heterocycles. The zero-order valence-electron chi connectivity index (χ0n) is 11.3. The van der Waals surface area contributed by atoms with Gasteiger partial charge in [-0.2, -0.15) is 0 Å². The molecule has 1 aromatic heterocycles. The normalized spacial score (nSPS) is 10.0. The maximum Gasteiger partial charge on any atom is 0.135 e. The quantitative estimate of drug-likeness (QED) is 0.802. The van der Waals surface area contributed by atoms with E-state index in [1.54, 1.807) is 12.4 Å². The predicted molar refractivity (Wildman–Crippen MR) is 79.9 cm³/mol.